The van der Waals surface area contributed by atoms with Crippen LogP contribution < -0.4 is 10.2 Å². The highest BCUT2D eigenvalue weighted by molar-refractivity contribution is 5.44. The molecule has 1 N–H and O–H groups in total. The molecule has 5 heteroatoms. The number of halogens is 1. The first-order valence-electron chi connectivity index (χ1n) is 6.96. The van der Waals surface area contributed by atoms with Crippen LogP contribution in [0.25, 0.3) is 0 Å². The summed E-state index contributed by atoms with van der Waals surface area (Å²) in [5, 5.41) is 3.15. The maximum atomic E-state index is 14.5. The Hall–Kier alpha value is -1.20. The summed E-state index contributed by atoms with van der Waals surface area (Å²) in [6.07, 6.45) is 2.62. The lowest BCUT2D eigenvalue weighted by atomic mass is 10.1. The smallest absolute Gasteiger partial charge is 0.170 e. The third-order valence-corrected chi connectivity index (χ3v) is 3.49. The zero-order chi connectivity index (χ0) is 13.7. The maximum absolute atomic E-state index is 14.5. The molecular formula is C14H22FN3O. The van der Waals surface area contributed by atoms with Gasteiger partial charge in [-0.1, -0.05) is 13.8 Å². The molecule has 0 aromatic carbocycles. The van der Waals surface area contributed by atoms with E-state index in [4.69, 9.17) is 4.74 Å². The average Bonchev–Trinajstić information content (AvgIpc) is 2.46. The van der Waals surface area contributed by atoms with Crippen molar-refractivity contribution >= 4 is 5.82 Å². The van der Waals surface area contributed by atoms with Crippen molar-refractivity contribution in [3.05, 3.63) is 23.6 Å². The summed E-state index contributed by atoms with van der Waals surface area (Å²) in [6, 6.07) is 1.95. The lowest BCUT2D eigenvalue weighted by molar-refractivity contribution is 0.0921. The fraction of sp³-hybridized carbons (Fsp3) is 0.643. The average molecular weight is 267 g/mol. The van der Waals surface area contributed by atoms with E-state index < -0.39 is 0 Å². The molecule has 1 fully saturated rings. The van der Waals surface area contributed by atoms with E-state index in [-0.39, 0.29) is 11.9 Å². The highest BCUT2D eigenvalue weighted by Crippen LogP contribution is 2.24. The van der Waals surface area contributed by atoms with Gasteiger partial charge in [0.1, 0.15) is 0 Å². The number of nitrogens with one attached hydrogen (secondary N) is 1. The monoisotopic (exact) mass is 267 g/mol. The molecule has 106 valence electrons. The number of anilines is 1. The third-order valence-electron chi connectivity index (χ3n) is 3.49. The van der Waals surface area contributed by atoms with Gasteiger partial charge >= 0.3 is 0 Å². The molecule has 1 aliphatic rings. The molecule has 1 unspecified atom stereocenters. The molecule has 0 radical (unpaired) electrons. The van der Waals surface area contributed by atoms with Gasteiger partial charge in [0.15, 0.2) is 11.6 Å². The molecule has 19 heavy (non-hydrogen) atoms. The first-order valence-corrected chi connectivity index (χ1v) is 6.96. The van der Waals surface area contributed by atoms with E-state index in [0.717, 1.165) is 13.0 Å². The quantitative estimate of drug-likeness (QED) is 0.885. The number of morpholine rings is 1. The Labute approximate surface area is 114 Å². The minimum atomic E-state index is -0.205. The van der Waals surface area contributed by atoms with E-state index in [1.54, 1.807) is 12.3 Å². The van der Waals surface area contributed by atoms with E-state index in [1.165, 1.54) is 0 Å². The van der Waals surface area contributed by atoms with Gasteiger partial charge in [-0.05, 0) is 19.0 Å². The van der Waals surface area contributed by atoms with E-state index in [1.807, 2.05) is 11.8 Å². The first-order chi connectivity index (χ1) is 9.27. The van der Waals surface area contributed by atoms with Crippen molar-refractivity contribution in [3.8, 4) is 0 Å². The largest absolute Gasteiger partial charge is 0.377 e. The van der Waals surface area contributed by atoms with Gasteiger partial charge < -0.3 is 15.0 Å². The number of hydrogen-bond acceptors (Lipinski definition) is 4. The number of aromatic nitrogens is 1. The number of nitrogens with zero attached hydrogens (tertiary/aromatic N) is 2. The zero-order valence-corrected chi connectivity index (χ0v) is 11.7. The Morgan fingerprint density at radius 3 is 3.11 bits per heavy atom. The van der Waals surface area contributed by atoms with Crippen molar-refractivity contribution in [3.63, 3.8) is 0 Å². The van der Waals surface area contributed by atoms with Gasteiger partial charge in [-0.25, -0.2) is 9.37 Å². The molecule has 2 rings (SSSR count). The van der Waals surface area contributed by atoms with Crippen molar-refractivity contribution in [1.82, 2.24) is 10.3 Å². The van der Waals surface area contributed by atoms with Crippen molar-refractivity contribution in [2.75, 3.05) is 31.2 Å². The fourth-order valence-corrected chi connectivity index (χ4v) is 2.34. The van der Waals surface area contributed by atoms with Crippen LogP contribution in [0.5, 0.6) is 0 Å². The SMILES string of the molecule is CCNCc1ccnc(N2CCOCC2CC)c1F. The maximum Gasteiger partial charge on any atom is 0.170 e. The van der Waals surface area contributed by atoms with Gasteiger partial charge in [-0.3, -0.25) is 0 Å². The number of rotatable bonds is 5. The van der Waals surface area contributed by atoms with Gasteiger partial charge in [0.25, 0.3) is 0 Å². The van der Waals surface area contributed by atoms with Crippen molar-refractivity contribution < 1.29 is 9.13 Å². The molecule has 1 aromatic rings. The van der Waals surface area contributed by atoms with Crippen LogP contribution in [0.3, 0.4) is 0 Å². The molecule has 0 bridgehead atoms. The van der Waals surface area contributed by atoms with Gasteiger partial charge in [-0.2, -0.15) is 0 Å². The minimum Gasteiger partial charge on any atom is -0.377 e. The molecule has 0 aliphatic carbocycles. The molecule has 1 saturated heterocycles. The lowest BCUT2D eigenvalue weighted by Gasteiger charge is -2.36. The summed E-state index contributed by atoms with van der Waals surface area (Å²) < 4.78 is 20.0. The molecule has 1 aliphatic heterocycles. The van der Waals surface area contributed by atoms with Crippen LogP contribution in [0.4, 0.5) is 10.2 Å². The molecule has 0 spiro atoms. The van der Waals surface area contributed by atoms with Crippen molar-refractivity contribution in [2.45, 2.75) is 32.9 Å². The molecular weight excluding hydrogens is 245 g/mol. The van der Waals surface area contributed by atoms with Crippen LogP contribution in [-0.2, 0) is 11.3 Å². The van der Waals surface area contributed by atoms with E-state index in [0.29, 0.717) is 37.7 Å². The first kappa shape index (κ1) is 14.2. The highest BCUT2D eigenvalue weighted by Gasteiger charge is 2.25. The molecule has 0 amide bonds. The van der Waals surface area contributed by atoms with Crippen molar-refractivity contribution in [2.24, 2.45) is 0 Å². The Balaban J connectivity index is 2.22. The van der Waals surface area contributed by atoms with Crippen LogP contribution in [0, 0.1) is 5.82 Å². The number of pyridine rings is 1. The van der Waals surface area contributed by atoms with Crippen LogP contribution >= 0.6 is 0 Å². The predicted molar refractivity (Wildman–Crippen MR) is 73.8 cm³/mol. The standard InChI is InChI=1S/C14H22FN3O/c1-3-12-10-19-8-7-18(12)14-13(15)11(5-6-17-14)9-16-4-2/h5-6,12,16H,3-4,7-10H2,1-2H3. The predicted octanol–water partition coefficient (Wildman–Crippen LogP) is 1.95. The van der Waals surface area contributed by atoms with Crippen LogP contribution in [0.1, 0.15) is 25.8 Å². The van der Waals surface area contributed by atoms with E-state index in [9.17, 15) is 4.39 Å². The fourth-order valence-electron chi connectivity index (χ4n) is 2.34. The number of ether oxygens (including phenoxy) is 1. The van der Waals surface area contributed by atoms with Crippen LogP contribution in [0.15, 0.2) is 12.3 Å². The summed E-state index contributed by atoms with van der Waals surface area (Å²) >= 11 is 0. The van der Waals surface area contributed by atoms with Crippen LogP contribution in [0.2, 0.25) is 0 Å². The van der Waals surface area contributed by atoms with Crippen LogP contribution in [-0.4, -0.2) is 37.3 Å². The summed E-state index contributed by atoms with van der Waals surface area (Å²) in [7, 11) is 0. The third kappa shape index (κ3) is 3.22. The molecule has 0 saturated carbocycles. The Bertz CT molecular complexity index is 414. The second kappa shape index (κ2) is 6.82. The minimum absolute atomic E-state index is 0.205. The molecule has 1 atom stereocenters. The summed E-state index contributed by atoms with van der Waals surface area (Å²) in [6.45, 7) is 7.45. The Kier molecular flexibility index (Phi) is 5.10. The number of hydrogen-bond donors (Lipinski definition) is 1. The normalized spacial score (nSPS) is 19.7. The van der Waals surface area contributed by atoms with Gasteiger partial charge in [-0.15, -0.1) is 0 Å². The second-order valence-corrected chi connectivity index (χ2v) is 4.72. The van der Waals surface area contributed by atoms with Gasteiger partial charge in [0.05, 0.1) is 19.3 Å². The summed E-state index contributed by atoms with van der Waals surface area (Å²) in [4.78, 5) is 6.27. The van der Waals surface area contributed by atoms with E-state index >= 15 is 0 Å². The Morgan fingerprint density at radius 1 is 1.53 bits per heavy atom. The van der Waals surface area contributed by atoms with Crippen molar-refractivity contribution in [1.29, 1.82) is 0 Å². The molecule has 2 heterocycles. The summed E-state index contributed by atoms with van der Waals surface area (Å²) in [5.74, 6) is 0.259. The second-order valence-electron chi connectivity index (χ2n) is 4.72. The lowest BCUT2D eigenvalue weighted by Crippen LogP contribution is -2.46. The topological polar surface area (TPSA) is 37.4 Å². The highest BCUT2D eigenvalue weighted by atomic mass is 19.1. The molecule has 4 nitrogen and oxygen atoms in total. The van der Waals surface area contributed by atoms with E-state index in [2.05, 4.69) is 17.2 Å². The molecule has 1 aromatic heterocycles. The summed E-state index contributed by atoms with van der Waals surface area (Å²) in [5.41, 5.74) is 0.674. The van der Waals surface area contributed by atoms with Gasteiger partial charge in [0, 0.05) is 24.8 Å². The Morgan fingerprint density at radius 2 is 2.37 bits per heavy atom. The zero-order valence-electron chi connectivity index (χ0n) is 11.7. The van der Waals surface area contributed by atoms with Gasteiger partial charge in [0.2, 0.25) is 0 Å².